The van der Waals surface area contributed by atoms with Crippen LogP contribution in [0.3, 0.4) is 0 Å². The van der Waals surface area contributed by atoms with E-state index in [0.717, 1.165) is 45.3 Å². The average molecular weight is 411 g/mol. The summed E-state index contributed by atoms with van der Waals surface area (Å²) in [6, 6.07) is 19.6. The first-order chi connectivity index (χ1) is 15.2. The lowest BCUT2D eigenvalue weighted by Crippen LogP contribution is -2.33. The molecular weight excluding hydrogens is 390 g/mol. The van der Waals surface area contributed by atoms with Crippen LogP contribution in [0.5, 0.6) is 5.75 Å². The van der Waals surface area contributed by atoms with E-state index in [1.807, 2.05) is 54.6 Å². The number of aromatic nitrogens is 2. The fourth-order valence-corrected chi connectivity index (χ4v) is 4.85. The van der Waals surface area contributed by atoms with Gasteiger partial charge in [0.1, 0.15) is 11.5 Å². The second-order valence-corrected chi connectivity index (χ2v) is 8.03. The van der Waals surface area contributed by atoms with Gasteiger partial charge in [0.05, 0.1) is 30.4 Å². The molecule has 1 aliphatic carbocycles. The molecule has 0 fully saturated rings. The fraction of sp³-hybridized carbons (Fsp3) is 0.200. The molecule has 6 heteroatoms. The van der Waals surface area contributed by atoms with E-state index in [-0.39, 0.29) is 17.7 Å². The molecular formula is C25H21N3O3. The highest BCUT2D eigenvalue weighted by Gasteiger charge is 2.40. The Morgan fingerprint density at radius 2 is 1.90 bits per heavy atom. The maximum Gasteiger partial charge on any atom is 0.209 e. The second kappa shape index (κ2) is 6.87. The largest absolute Gasteiger partial charge is 0.497 e. The minimum absolute atomic E-state index is 0.0289. The highest BCUT2D eigenvalue weighted by atomic mass is 16.5. The number of carbonyl (C=O) groups is 1. The quantitative estimate of drug-likeness (QED) is 0.511. The molecule has 0 radical (unpaired) electrons. The van der Waals surface area contributed by atoms with Crippen LogP contribution in [0.2, 0.25) is 0 Å². The summed E-state index contributed by atoms with van der Waals surface area (Å²) in [5.41, 5.74) is 4.67. The third-order valence-corrected chi connectivity index (χ3v) is 6.28. The SMILES string of the molecule is COc1ccc([C@@H]2C3=C(C[C@@H](c4ccco4)CC3=O)Nc3nc4ccccc4n32)cc1. The molecule has 0 saturated carbocycles. The first kappa shape index (κ1) is 18.0. The Balaban J connectivity index is 1.54. The van der Waals surface area contributed by atoms with Crippen molar-refractivity contribution in [3.63, 3.8) is 0 Å². The molecule has 31 heavy (non-hydrogen) atoms. The fourth-order valence-electron chi connectivity index (χ4n) is 4.85. The molecule has 2 atom stereocenters. The number of fused-ring (bicyclic) bond motifs is 3. The number of imidazole rings is 1. The van der Waals surface area contributed by atoms with Crippen LogP contribution in [-0.2, 0) is 4.79 Å². The molecule has 0 saturated heterocycles. The molecule has 3 heterocycles. The summed E-state index contributed by atoms with van der Waals surface area (Å²) in [6.07, 6.45) is 2.81. The van der Waals surface area contributed by atoms with E-state index >= 15 is 0 Å². The summed E-state index contributed by atoms with van der Waals surface area (Å²) in [7, 11) is 1.65. The van der Waals surface area contributed by atoms with Crippen molar-refractivity contribution in [1.82, 2.24) is 9.55 Å². The number of nitrogens with zero attached hydrogens (tertiary/aromatic N) is 2. The van der Waals surface area contributed by atoms with E-state index in [4.69, 9.17) is 14.1 Å². The van der Waals surface area contributed by atoms with Crippen molar-refractivity contribution in [3.05, 3.63) is 89.5 Å². The normalized spacial score (nSPS) is 20.4. The number of methoxy groups -OCH3 is 1. The zero-order chi connectivity index (χ0) is 20.9. The van der Waals surface area contributed by atoms with Crippen molar-refractivity contribution in [2.75, 3.05) is 12.4 Å². The van der Waals surface area contributed by atoms with Crippen molar-refractivity contribution < 1.29 is 13.9 Å². The van der Waals surface area contributed by atoms with E-state index in [1.165, 1.54) is 0 Å². The predicted octanol–water partition coefficient (Wildman–Crippen LogP) is 5.05. The number of hydrogen-bond acceptors (Lipinski definition) is 5. The summed E-state index contributed by atoms with van der Waals surface area (Å²) in [6.45, 7) is 0. The number of ether oxygens (including phenoxy) is 1. The van der Waals surface area contributed by atoms with Crippen LogP contribution in [0, 0.1) is 0 Å². The van der Waals surface area contributed by atoms with E-state index < -0.39 is 0 Å². The summed E-state index contributed by atoms with van der Waals surface area (Å²) in [5, 5.41) is 3.48. The Bertz CT molecular complexity index is 1320. The summed E-state index contributed by atoms with van der Waals surface area (Å²) in [4.78, 5) is 18.3. The molecule has 4 aromatic rings. The second-order valence-electron chi connectivity index (χ2n) is 8.03. The number of hydrogen-bond donors (Lipinski definition) is 1. The van der Waals surface area contributed by atoms with Gasteiger partial charge >= 0.3 is 0 Å². The van der Waals surface area contributed by atoms with Gasteiger partial charge < -0.3 is 14.5 Å². The number of allylic oxidation sites excluding steroid dienone is 2. The maximum atomic E-state index is 13.5. The van der Waals surface area contributed by atoms with Crippen LogP contribution in [0.1, 0.15) is 36.1 Å². The van der Waals surface area contributed by atoms with Crippen molar-refractivity contribution in [1.29, 1.82) is 0 Å². The lowest BCUT2D eigenvalue weighted by atomic mass is 9.79. The van der Waals surface area contributed by atoms with Gasteiger partial charge in [-0.05, 0) is 48.4 Å². The van der Waals surface area contributed by atoms with E-state index in [2.05, 4.69) is 16.0 Å². The number of nitrogens with one attached hydrogen (secondary N) is 1. The minimum atomic E-state index is -0.241. The van der Waals surface area contributed by atoms with Gasteiger partial charge in [0.15, 0.2) is 5.78 Å². The van der Waals surface area contributed by atoms with Crippen molar-refractivity contribution in [2.45, 2.75) is 24.8 Å². The van der Waals surface area contributed by atoms with E-state index in [0.29, 0.717) is 12.8 Å². The van der Waals surface area contributed by atoms with Gasteiger partial charge in [-0.15, -0.1) is 0 Å². The van der Waals surface area contributed by atoms with Crippen LogP contribution in [0.15, 0.2) is 82.6 Å². The standard InChI is InChI=1S/C25H21N3O3/c1-30-17-10-8-15(9-11-17)24-23-19(13-16(14-21(23)29)22-7-4-12-31-22)27-25-26-18-5-2-3-6-20(18)28(24)25/h2-12,16,24H,13-14H2,1H3,(H,26,27)/t16-,24-/m1/s1. The molecule has 0 spiro atoms. The Hall–Kier alpha value is -3.80. The molecule has 0 amide bonds. The number of Topliss-reactive ketones (excluding diaryl/α,β-unsaturated/α-hetero) is 1. The first-order valence-corrected chi connectivity index (χ1v) is 10.4. The minimum Gasteiger partial charge on any atom is -0.497 e. The van der Waals surface area contributed by atoms with Crippen molar-refractivity contribution in [2.24, 2.45) is 0 Å². The summed E-state index contributed by atoms with van der Waals surface area (Å²) in [5.74, 6) is 2.56. The average Bonchev–Trinajstić information content (AvgIpc) is 3.46. The summed E-state index contributed by atoms with van der Waals surface area (Å²) < 4.78 is 13.1. The number of carbonyl (C=O) groups excluding carboxylic acids is 1. The highest BCUT2D eigenvalue weighted by molar-refractivity contribution is 6.01. The maximum absolute atomic E-state index is 13.5. The lowest BCUT2D eigenvalue weighted by Gasteiger charge is -2.36. The first-order valence-electron chi connectivity index (χ1n) is 10.4. The van der Waals surface area contributed by atoms with Gasteiger partial charge in [0, 0.05) is 23.6 Å². The van der Waals surface area contributed by atoms with E-state index in [9.17, 15) is 4.79 Å². The number of benzene rings is 2. The number of rotatable bonds is 3. The molecule has 154 valence electrons. The molecule has 2 aromatic heterocycles. The van der Waals surface area contributed by atoms with Gasteiger partial charge in [-0.1, -0.05) is 24.3 Å². The Kier molecular flexibility index (Phi) is 3.99. The Morgan fingerprint density at radius 3 is 2.68 bits per heavy atom. The third-order valence-electron chi connectivity index (χ3n) is 6.28. The molecule has 6 rings (SSSR count). The lowest BCUT2D eigenvalue weighted by molar-refractivity contribution is -0.116. The third kappa shape index (κ3) is 2.79. The predicted molar refractivity (Wildman–Crippen MR) is 117 cm³/mol. The number of ketones is 1. The number of anilines is 1. The van der Waals surface area contributed by atoms with Gasteiger partial charge in [-0.3, -0.25) is 9.36 Å². The van der Waals surface area contributed by atoms with Gasteiger partial charge in [-0.2, -0.15) is 0 Å². The van der Waals surface area contributed by atoms with Gasteiger partial charge in [0.25, 0.3) is 0 Å². The molecule has 2 aromatic carbocycles. The van der Waals surface area contributed by atoms with Crippen LogP contribution in [0.25, 0.3) is 11.0 Å². The number of furan rings is 1. The molecule has 2 aliphatic rings. The smallest absolute Gasteiger partial charge is 0.209 e. The topological polar surface area (TPSA) is 69.3 Å². The van der Waals surface area contributed by atoms with Crippen LogP contribution in [0.4, 0.5) is 5.95 Å². The Morgan fingerprint density at radius 1 is 1.06 bits per heavy atom. The van der Waals surface area contributed by atoms with Crippen LogP contribution in [-0.4, -0.2) is 22.4 Å². The van der Waals surface area contributed by atoms with Gasteiger partial charge in [0.2, 0.25) is 5.95 Å². The number of para-hydroxylation sites is 2. The van der Waals surface area contributed by atoms with Crippen molar-refractivity contribution >= 4 is 22.8 Å². The van der Waals surface area contributed by atoms with Crippen molar-refractivity contribution in [3.8, 4) is 5.75 Å². The monoisotopic (exact) mass is 411 g/mol. The van der Waals surface area contributed by atoms with Crippen LogP contribution >= 0.6 is 0 Å². The molecule has 1 N–H and O–H groups in total. The molecule has 1 aliphatic heterocycles. The highest BCUT2D eigenvalue weighted by Crippen LogP contribution is 2.46. The van der Waals surface area contributed by atoms with E-state index in [1.54, 1.807) is 13.4 Å². The van der Waals surface area contributed by atoms with Crippen LogP contribution < -0.4 is 10.1 Å². The molecule has 0 unspecified atom stereocenters. The zero-order valence-corrected chi connectivity index (χ0v) is 17.0. The Labute approximate surface area is 179 Å². The molecule has 6 nitrogen and oxygen atoms in total. The zero-order valence-electron chi connectivity index (χ0n) is 17.0. The van der Waals surface area contributed by atoms with Gasteiger partial charge in [-0.25, -0.2) is 4.98 Å². The summed E-state index contributed by atoms with van der Waals surface area (Å²) >= 11 is 0. The molecule has 0 bridgehead atoms.